The van der Waals surface area contributed by atoms with Crippen molar-refractivity contribution in [1.82, 2.24) is 9.80 Å². The van der Waals surface area contributed by atoms with Crippen molar-refractivity contribution in [3.05, 3.63) is 64.5 Å². The first kappa shape index (κ1) is 22.7. The molecule has 3 fully saturated rings. The monoisotopic (exact) mass is 458 g/mol. The number of terminal acetylenes is 1. The molecular formula is C27H28BFN2O3. The highest BCUT2D eigenvalue weighted by Gasteiger charge is 2.63. The van der Waals surface area contributed by atoms with Crippen LogP contribution in [0, 0.1) is 25.1 Å². The van der Waals surface area contributed by atoms with Gasteiger partial charge in [0.1, 0.15) is 19.4 Å². The molecule has 174 valence electrons. The van der Waals surface area contributed by atoms with Crippen molar-refractivity contribution in [2.45, 2.75) is 56.9 Å². The SMILES string of the molecule is Bc1cc(C)cc(C2CCC3(C)OC4(CCN(C(=O)c5ccc(C#C)cc5F)CC4)C(=O)N23)c1. The topological polar surface area (TPSA) is 49.9 Å². The van der Waals surface area contributed by atoms with Gasteiger partial charge in [0, 0.05) is 31.5 Å². The summed E-state index contributed by atoms with van der Waals surface area (Å²) in [4.78, 5) is 30.3. The van der Waals surface area contributed by atoms with E-state index < -0.39 is 17.1 Å². The minimum atomic E-state index is -0.936. The fraction of sp³-hybridized carbons (Fsp3) is 0.407. The van der Waals surface area contributed by atoms with E-state index in [0.29, 0.717) is 31.5 Å². The fourth-order valence-electron chi connectivity index (χ4n) is 5.98. The van der Waals surface area contributed by atoms with Crippen molar-refractivity contribution in [2.75, 3.05) is 13.1 Å². The van der Waals surface area contributed by atoms with Crippen LogP contribution < -0.4 is 5.46 Å². The van der Waals surface area contributed by atoms with E-state index in [1.165, 1.54) is 23.2 Å². The second kappa shape index (κ2) is 7.99. The normalized spacial score (nSPS) is 25.5. The van der Waals surface area contributed by atoms with E-state index in [2.05, 4.69) is 38.9 Å². The van der Waals surface area contributed by atoms with Crippen molar-refractivity contribution in [3.63, 3.8) is 0 Å². The van der Waals surface area contributed by atoms with Crippen LogP contribution in [0.5, 0.6) is 0 Å². The van der Waals surface area contributed by atoms with E-state index in [-0.39, 0.29) is 23.4 Å². The van der Waals surface area contributed by atoms with Crippen LogP contribution in [0.3, 0.4) is 0 Å². The molecule has 7 heteroatoms. The van der Waals surface area contributed by atoms with E-state index in [4.69, 9.17) is 11.2 Å². The zero-order valence-corrected chi connectivity index (χ0v) is 19.9. The minimum absolute atomic E-state index is 0.00363. The molecule has 5 rings (SSSR count). The minimum Gasteiger partial charge on any atom is -0.339 e. The summed E-state index contributed by atoms with van der Waals surface area (Å²) in [5.41, 5.74) is 2.31. The molecule has 3 aliphatic rings. The summed E-state index contributed by atoms with van der Waals surface area (Å²) in [5, 5.41) is 0. The number of halogens is 1. The maximum Gasteiger partial charge on any atom is 0.257 e. The first-order chi connectivity index (χ1) is 16.2. The van der Waals surface area contributed by atoms with Gasteiger partial charge in [0.2, 0.25) is 0 Å². The zero-order valence-electron chi connectivity index (χ0n) is 19.9. The third kappa shape index (κ3) is 3.52. The van der Waals surface area contributed by atoms with Crippen molar-refractivity contribution in [1.29, 1.82) is 0 Å². The van der Waals surface area contributed by atoms with Crippen LogP contribution in [0.15, 0.2) is 36.4 Å². The van der Waals surface area contributed by atoms with Gasteiger partial charge >= 0.3 is 0 Å². The number of ether oxygens (including phenoxy) is 1. The number of piperidine rings is 1. The van der Waals surface area contributed by atoms with Crippen molar-refractivity contribution in [3.8, 4) is 12.3 Å². The van der Waals surface area contributed by atoms with Crippen LogP contribution in [0.1, 0.15) is 65.7 Å². The maximum absolute atomic E-state index is 14.4. The van der Waals surface area contributed by atoms with Gasteiger partial charge in [-0.05, 0) is 50.5 Å². The predicted octanol–water partition coefficient (Wildman–Crippen LogP) is 2.46. The number of rotatable bonds is 2. The average molecular weight is 458 g/mol. The van der Waals surface area contributed by atoms with Gasteiger partial charge in [-0.2, -0.15) is 0 Å². The number of nitrogens with zero attached hydrogens (tertiary/aromatic N) is 2. The molecule has 2 aromatic carbocycles. The lowest BCUT2D eigenvalue weighted by atomic mass is 9.87. The Hall–Kier alpha value is -3.11. The highest BCUT2D eigenvalue weighted by atomic mass is 19.1. The van der Waals surface area contributed by atoms with Gasteiger partial charge in [0.15, 0.2) is 5.60 Å². The van der Waals surface area contributed by atoms with Crippen LogP contribution in [-0.4, -0.2) is 53.9 Å². The number of aryl methyl sites for hydroxylation is 1. The van der Waals surface area contributed by atoms with Gasteiger partial charge in [-0.25, -0.2) is 4.39 Å². The van der Waals surface area contributed by atoms with E-state index in [1.54, 1.807) is 11.0 Å². The van der Waals surface area contributed by atoms with Crippen LogP contribution in [0.4, 0.5) is 4.39 Å². The van der Waals surface area contributed by atoms with Gasteiger partial charge in [-0.15, -0.1) is 6.42 Å². The molecule has 34 heavy (non-hydrogen) atoms. The Balaban J connectivity index is 1.34. The molecule has 5 nitrogen and oxygen atoms in total. The summed E-state index contributed by atoms with van der Waals surface area (Å²) in [6.45, 7) is 4.74. The number of hydrogen-bond acceptors (Lipinski definition) is 3. The molecule has 3 aliphatic heterocycles. The van der Waals surface area contributed by atoms with E-state index >= 15 is 0 Å². The molecule has 2 amide bonds. The first-order valence-electron chi connectivity index (χ1n) is 11.8. The van der Waals surface area contributed by atoms with Gasteiger partial charge in [-0.1, -0.05) is 35.1 Å². The summed E-state index contributed by atoms with van der Waals surface area (Å²) < 4.78 is 21.0. The largest absolute Gasteiger partial charge is 0.339 e. The van der Waals surface area contributed by atoms with Crippen LogP contribution in [0.2, 0.25) is 0 Å². The second-order valence-corrected chi connectivity index (χ2v) is 10.1. The maximum atomic E-state index is 14.4. The molecule has 2 aromatic rings. The highest BCUT2D eigenvalue weighted by Crippen LogP contribution is 2.53. The first-order valence-corrected chi connectivity index (χ1v) is 11.8. The van der Waals surface area contributed by atoms with Crippen LogP contribution >= 0.6 is 0 Å². The molecule has 0 saturated carbocycles. The lowest BCUT2D eigenvalue weighted by Crippen LogP contribution is -2.51. The number of benzene rings is 2. The van der Waals surface area contributed by atoms with E-state index in [0.717, 1.165) is 18.4 Å². The molecule has 0 radical (unpaired) electrons. The molecular weight excluding hydrogens is 430 g/mol. The summed E-state index contributed by atoms with van der Waals surface area (Å²) in [7, 11) is 2.07. The lowest BCUT2D eigenvalue weighted by molar-refractivity contribution is -0.148. The number of likely N-dealkylation sites (tertiary alicyclic amines) is 1. The molecule has 2 atom stereocenters. The van der Waals surface area contributed by atoms with E-state index in [1.807, 2.05) is 11.8 Å². The van der Waals surface area contributed by atoms with Crippen molar-refractivity contribution >= 4 is 25.1 Å². The number of hydrogen-bond donors (Lipinski definition) is 0. The smallest absolute Gasteiger partial charge is 0.257 e. The fourth-order valence-corrected chi connectivity index (χ4v) is 5.98. The third-order valence-electron chi connectivity index (χ3n) is 7.58. The quantitative estimate of drug-likeness (QED) is 0.514. The Kier molecular flexibility index (Phi) is 5.33. The van der Waals surface area contributed by atoms with Gasteiger partial charge in [0.05, 0.1) is 11.6 Å². The molecule has 3 heterocycles. The summed E-state index contributed by atoms with van der Waals surface area (Å²) in [6.07, 6.45) is 7.74. The Morgan fingerprint density at radius 1 is 1.21 bits per heavy atom. The van der Waals surface area contributed by atoms with Crippen molar-refractivity contribution < 1.29 is 18.7 Å². The second-order valence-electron chi connectivity index (χ2n) is 10.1. The Labute approximate surface area is 200 Å². The molecule has 0 bridgehead atoms. The van der Waals surface area contributed by atoms with E-state index in [9.17, 15) is 14.0 Å². The summed E-state index contributed by atoms with van der Waals surface area (Å²) >= 11 is 0. The Morgan fingerprint density at radius 3 is 2.59 bits per heavy atom. The third-order valence-corrected chi connectivity index (χ3v) is 7.58. The molecule has 0 aromatic heterocycles. The molecule has 1 spiro atoms. The van der Waals surface area contributed by atoms with Gasteiger partial charge < -0.3 is 14.5 Å². The van der Waals surface area contributed by atoms with Crippen molar-refractivity contribution in [2.24, 2.45) is 0 Å². The van der Waals surface area contributed by atoms with Crippen LogP contribution in [0.25, 0.3) is 0 Å². The molecule has 3 saturated heterocycles. The van der Waals surface area contributed by atoms with Gasteiger partial charge in [-0.3, -0.25) is 9.59 Å². The van der Waals surface area contributed by atoms with Crippen LogP contribution in [-0.2, 0) is 9.53 Å². The average Bonchev–Trinajstić information content (AvgIpc) is 3.23. The number of carbonyl (C=O) groups is 2. The standard InChI is InChI=1S/C27H28BFN2O3/c1-4-18-5-6-21(22(29)15-18)24(32)30-11-9-27(10-12-30)25(33)31-23(7-8-26(31,3)34-27)19-13-17(2)14-20(28)16-19/h1,5-6,13-16,23H,7-12,28H2,2-3H3. The number of carbonyl (C=O) groups excluding carboxylic acids is 2. The predicted molar refractivity (Wildman–Crippen MR) is 130 cm³/mol. The number of amides is 2. The highest BCUT2D eigenvalue weighted by molar-refractivity contribution is 6.32. The Bertz CT molecular complexity index is 1210. The van der Waals surface area contributed by atoms with Gasteiger partial charge in [0.25, 0.3) is 11.8 Å². The summed E-state index contributed by atoms with van der Waals surface area (Å²) in [6, 6.07) is 10.6. The summed E-state index contributed by atoms with van der Waals surface area (Å²) in [5.74, 6) is 1.37. The lowest BCUT2D eigenvalue weighted by Gasteiger charge is -2.38. The zero-order chi connectivity index (χ0) is 24.3. The Morgan fingerprint density at radius 2 is 1.94 bits per heavy atom. The molecule has 0 aliphatic carbocycles. The molecule has 0 N–H and O–H groups in total. The number of fused-ring (bicyclic) bond motifs is 1. The molecule has 2 unspecified atom stereocenters.